The Morgan fingerprint density at radius 3 is 2.81 bits per heavy atom. The van der Waals surface area contributed by atoms with Crippen molar-refractivity contribution in [2.45, 2.75) is 13.8 Å². The average Bonchev–Trinajstić information content (AvgIpc) is 3.32. The van der Waals surface area contributed by atoms with Crippen molar-refractivity contribution in [1.29, 1.82) is 0 Å². The number of nitrogens with zero attached hydrogens (tertiary/aromatic N) is 3. The largest absolute Gasteiger partial charge is 0.359 e. The van der Waals surface area contributed by atoms with Crippen molar-refractivity contribution in [3.63, 3.8) is 0 Å². The zero-order chi connectivity index (χ0) is 18.5. The van der Waals surface area contributed by atoms with Crippen molar-refractivity contribution in [1.82, 2.24) is 19.6 Å². The lowest BCUT2D eigenvalue weighted by Crippen LogP contribution is -2.03. The molecule has 0 saturated carbocycles. The smallest absolute Gasteiger partial charge is 0.256 e. The molecule has 132 valence electrons. The first-order valence-corrected chi connectivity index (χ1v) is 8.72. The topological polar surface area (TPSA) is 75.1 Å². The van der Waals surface area contributed by atoms with E-state index in [9.17, 15) is 4.79 Å². The van der Waals surface area contributed by atoms with Crippen LogP contribution in [-0.2, 0) is 4.79 Å². The van der Waals surface area contributed by atoms with Gasteiger partial charge in [0.1, 0.15) is 0 Å². The van der Waals surface area contributed by atoms with Crippen LogP contribution in [0.15, 0.2) is 48.9 Å². The molecule has 27 heavy (non-hydrogen) atoms. The fourth-order valence-electron chi connectivity index (χ4n) is 3.52. The van der Waals surface area contributed by atoms with Crippen LogP contribution in [0.1, 0.15) is 22.5 Å². The van der Waals surface area contributed by atoms with Gasteiger partial charge in [0.05, 0.1) is 11.8 Å². The van der Waals surface area contributed by atoms with E-state index in [1.807, 2.05) is 56.6 Å². The van der Waals surface area contributed by atoms with Crippen molar-refractivity contribution in [2.24, 2.45) is 0 Å². The highest BCUT2D eigenvalue weighted by Gasteiger charge is 2.25. The van der Waals surface area contributed by atoms with Crippen LogP contribution in [0.5, 0.6) is 0 Å². The van der Waals surface area contributed by atoms with Crippen LogP contribution in [0.25, 0.3) is 28.4 Å². The van der Waals surface area contributed by atoms with E-state index < -0.39 is 0 Å². The van der Waals surface area contributed by atoms with E-state index in [2.05, 4.69) is 26.4 Å². The first kappa shape index (κ1) is 15.6. The fourth-order valence-corrected chi connectivity index (χ4v) is 3.52. The Morgan fingerprint density at radius 2 is 2.00 bits per heavy atom. The summed E-state index contributed by atoms with van der Waals surface area (Å²) in [7, 11) is 0. The SMILES string of the molecule is Cc1cc(C)c(/C=C2\C(=O)Nc3cc(-c4cnc5ccnn5c4)ccc32)[nH]1. The number of aromatic nitrogens is 4. The van der Waals surface area contributed by atoms with Crippen LogP contribution in [0.2, 0.25) is 0 Å². The number of carbonyl (C=O) groups excluding carboxylic acids is 1. The summed E-state index contributed by atoms with van der Waals surface area (Å²) in [5.41, 5.74) is 8.27. The van der Waals surface area contributed by atoms with Gasteiger partial charge in [-0.25, -0.2) is 9.50 Å². The second-order valence-corrected chi connectivity index (χ2v) is 6.80. The molecule has 1 aliphatic heterocycles. The maximum Gasteiger partial charge on any atom is 0.256 e. The van der Waals surface area contributed by atoms with E-state index in [0.29, 0.717) is 5.57 Å². The molecule has 0 unspecified atom stereocenters. The van der Waals surface area contributed by atoms with Gasteiger partial charge in [-0.15, -0.1) is 0 Å². The van der Waals surface area contributed by atoms with E-state index >= 15 is 0 Å². The zero-order valence-electron chi connectivity index (χ0n) is 14.9. The highest BCUT2D eigenvalue weighted by molar-refractivity contribution is 6.35. The molecule has 0 spiro atoms. The molecule has 1 aromatic carbocycles. The standard InChI is InChI=1S/C21H17N5O/c1-12-7-13(2)24-18(12)9-17-16-4-3-14(8-19(16)25-21(17)27)15-10-22-20-5-6-23-26(20)11-15/h3-11,24H,1-2H3,(H,25,27)/b17-9-. The summed E-state index contributed by atoms with van der Waals surface area (Å²) in [5.74, 6) is -0.0885. The van der Waals surface area contributed by atoms with Crippen molar-refractivity contribution in [3.05, 3.63) is 71.4 Å². The van der Waals surface area contributed by atoms with Crippen molar-refractivity contribution in [2.75, 3.05) is 5.32 Å². The van der Waals surface area contributed by atoms with Gasteiger partial charge in [0.25, 0.3) is 5.91 Å². The lowest BCUT2D eigenvalue weighted by molar-refractivity contribution is -0.110. The number of aryl methyl sites for hydroxylation is 2. The van der Waals surface area contributed by atoms with E-state index in [1.165, 1.54) is 0 Å². The van der Waals surface area contributed by atoms with Gasteiger partial charge < -0.3 is 10.3 Å². The molecule has 1 amide bonds. The van der Waals surface area contributed by atoms with Gasteiger partial charge >= 0.3 is 0 Å². The van der Waals surface area contributed by atoms with Crippen molar-refractivity contribution in [3.8, 4) is 11.1 Å². The molecule has 4 aromatic rings. The maximum atomic E-state index is 12.5. The summed E-state index contributed by atoms with van der Waals surface area (Å²) in [6.45, 7) is 4.04. The number of hydrogen-bond donors (Lipinski definition) is 2. The summed E-state index contributed by atoms with van der Waals surface area (Å²) in [6, 6.07) is 9.89. The second-order valence-electron chi connectivity index (χ2n) is 6.80. The number of H-pyrrole nitrogens is 1. The first-order valence-electron chi connectivity index (χ1n) is 8.72. The van der Waals surface area contributed by atoms with E-state index in [1.54, 1.807) is 10.7 Å². The minimum Gasteiger partial charge on any atom is -0.359 e. The summed E-state index contributed by atoms with van der Waals surface area (Å²) in [4.78, 5) is 20.2. The second kappa shape index (κ2) is 5.67. The number of anilines is 1. The molecular formula is C21H17N5O. The quantitative estimate of drug-likeness (QED) is 0.537. The lowest BCUT2D eigenvalue weighted by atomic mass is 10.0. The predicted octanol–water partition coefficient (Wildman–Crippen LogP) is 3.83. The Morgan fingerprint density at radius 1 is 1.11 bits per heavy atom. The maximum absolute atomic E-state index is 12.5. The number of nitrogens with one attached hydrogen (secondary N) is 2. The normalized spacial score (nSPS) is 14.7. The van der Waals surface area contributed by atoms with Gasteiger partial charge in [-0.3, -0.25) is 4.79 Å². The van der Waals surface area contributed by atoms with Crippen LogP contribution in [0.4, 0.5) is 5.69 Å². The third kappa shape index (κ3) is 2.54. The summed E-state index contributed by atoms with van der Waals surface area (Å²) in [5, 5.41) is 7.20. The Hall–Kier alpha value is -3.67. The highest BCUT2D eigenvalue weighted by atomic mass is 16.2. The molecule has 0 atom stereocenters. The molecule has 2 N–H and O–H groups in total. The molecule has 0 aliphatic carbocycles. The van der Waals surface area contributed by atoms with Gasteiger partial charge in [0, 0.05) is 46.7 Å². The Bertz CT molecular complexity index is 1240. The monoisotopic (exact) mass is 355 g/mol. The molecule has 3 aromatic heterocycles. The van der Waals surface area contributed by atoms with Gasteiger partial charge in [-0.05, 0) is 43.2 Å². The van der Waals surface area contributed by atoms with Crippen LogP contribution in [0.3, 0.4) is 0 Å². The number of rotatable bonds is 2. The fraction of sp³-hybridized carbons (Fsp3) is 0.0952. The molecule has 5 rings (SSSR count). The molecule has 6 heteroatoms. The van der Waals surface area contributed by atoms with Crippen LogP contribution < -0.4 is 5.32 Å². The van der Waals surface area contributed by atoms with E-state index in [4.69, 9.17) is 0 Å². The molecule has 0 bridgehead atoms. The number of fused-ring (bicyclic) bond motifs is 2. The Labute approximate surface area is 155 Å². The molecule has 4 heterocycles. The molecule has 0 radical (unpaired) electrons. The number of amides is 1. The van der Waals surface area contributed by atoms with Gasteiger partial charge in [-0.2, -0.15) is 5.10 Å². The minimum atomic E-state index is -0.0885. The van der Waals surface area contributed by atoms with Crippen LogP contribution in [-0.4, -0.2) is 25.5 Å². The van der Waals surface area contributed by atoms with Crippen molar-refractivity contribution >= 4 is 28.9 Å². The molecule has 0 fully saturated rings. The minimum absolute atomic E-state index is 0.0885. The van der Waals surface area contributed by atoms with Gasteiger partial charge in [-0.1, -0.05) is 12.1 Å². The summed E-state index contributed by atoms with van der Waals surface area (Å²) < 4.78 is 1.74. The van der Waals surface area contributed by atoms with Gasteiger partial charge in [0.15, 0.2) is 5.65 Å². The van der Waals surface area contributed by atoms with Gasteiger partial charge in [0.2, 0.25) is 0 Å². The zero-order valence-corrected chi connectivity index (χ0v) is 14.9. The number of carbonyl (C=O) groups is 1. The predicted molar refractivity (Wildman–Crippen MR) is 105 cm³/mol. The highest BCUT2D eigenvalue weighted by Crippen LogP contribution is 2.36. The van der Waals surface area contributed by atoms with Crippen LogP contribution in [0, 0.1) is 13.8 Å². The number of hydrogen-bond acceptors (Lipinski definition) is 3. The van der Waals surface area contributed by atoms with Crippen molar-refractivity contribution < 1.29 is 4.79 Å². The summed E-state index contributed by atoms with van der Waals surface area (Å²) >= 11 is 0. The van der Waals surface area contributed by atoms with E-state index in [0.717, 1.165) is 45.0 Å². The molecule has 6 nitrogen and oxygen atoms in total. The average molecular weight is 355 g/mol. The lowest BCUT2D eigenvalue weighted by Gasteiger charge is -2.05. The third-order valence-electron chi connectivity index (χ3n) is 4.86. The number of aromatic amines is 1. The number of benzene rings is 1. The Kier molecular flexibility index (Phi) is 3.27. The Balaban J connectivity index is 1.57. The molecule has 0 saturated heterocycles. The van der Waals surface area contributed by atoms with Crippen LogP contribution >= 0.6 is 0 Å². The third-order valence-corrected chi connectivity index (χ3v) is 4.86. The molecular weight excluding hydrogens is 338 g/mol. The molecule has 1 aliphatic rings. The summed E-state index contributed by atoms with van der Waals surface area (Å²) in [6.07, 6.45) is 7.39. The first-order chi connectivity index (χ1) is 13.1. The van der Waals surface area contributed by atoms with E-state index in [-0.39, 0.29) is 5.91 Å².